The molecule has 0 bridgehead atoms. The molecule has 0 spiro atoms. The Labute approximate surface area is 134 Å². The number of aliphatic hydroxyl groups excluding tert-OH is 1. The molecule has 0 unspecified atom stereocenters. The molecule has 0 fully saturated rings. The van der Waals surface area contributed by atoms with E-state index in [4.69, 9.17) is 0 Å². The van der Waals surface area contributed by atoms with Crippen LogP contribution in [0.3, 0.4) is 0 Å². The van der Waals surface area contributed by atoms with E-state index < -0.39 is 11.4 Å². The van der Waals surface area contributed by atoms with E-state index in [0.29, 0.717) is 5.57 Å². The molecule has 1 aromatic rings. The Morgan fingerprint density at radius 2 is 1.96 bits per heavy atom. The van der Waals surface area contributed by atoms with Gasteiger partial charge in [-0.15, -0.1) is 0 Å². The molecule has 1 aliphatic carbocycles. The number of hydrogen-bond acceptors (Lipinski definition) is 5. The minimum absolute atomic E-state index is 0.0401. The Bertz CT molecular complexity index is 777. The van der Waals surface area contributed by atoms with Gasteiger partial charge in [-0.1, -0.05) is 24.3 Å². The number of aliphatic hydroxyl groups is 1. The van der Waals surface area contributed by atoms with E-state index in [9.17, 15) is 20.4 Å². The standard InChI is InChI=1S/C18H16N2O3/c1-12-5-3-4-6-13(12)7-14-8-18(10-19,11-20)9-15(16(14)21)17(22)23-2/h3-7,21H,8-9H2,1-2H3/b14-7+. The van der Waals surface area contributed by atoms with Crippen LogP contribution in [0.15, 0.2) is 41.2 Å². The van der Waals surface area contributed by atoms with Gasteiger partial charge in [0, 0.05) is 12.8 Å². The smallest absolute Gasteiger partial charge is 0.337 e. The lowest BCUT2D eigenvalue weighted by Crippen LogP contribution is -2.27. The van der Waals surface area contributed by atoms with Crippen molar-refractivity contribution in [1.29, 1.82) is 10.5 Å². The van der Waals surface area contributed by atoms with Gasteiger partial charge >= 0.3 is 5.97 Å². The monoisotopic (exact) mass is 308 g/mol. The SMILES string of the molecule is COC(=O)C1=C(O)/C(=C/c2ccccc2C)CC(C#N)(C#N)C1. The third-order valence-electron chi connectivity index (χ3n) is 3.94. The zero-order chi connectivity index (χ0) is 17.0. The Hall–Kier alpha value is -3.05. The highest BCUT2D eigenvalue weighted by Crippen LogP contribution is 2.42. The summed E-state index contributed by atoms with van der Waals surface area (Å²) in [5.41, 5.74) is 0.794. The topological polar surface area (TPSA) is 94.1 Å². The number of carbonyl (C=O) groups excluding carboxylic acids is 1. The fourth-order valence-electron chi connectivity index (χ4n) is 2.58. The van der Waals surface area contributed by atoms with E-state index in [1.54, 1.807) is 6.08 Å². The van der Waals surface area contributed by atoms with E-state index in [0.717, 1.165) is 11.1 Å². The van der Waals surface area contributed by atoms with E-state index in [2.05, 4.69) is 4.74 Å². The molecule has 0 radical (unpaired) electrons. The van der Waals surface area contributed by atoms with Crippen molar-refractivity contribution in [3.05, 3.63) is 52.3 Å². The van der Waals surface area contributed by atoms with Crippen LogP contribution >= 0.6 is 0 Å². The van der Waals surface area contributed by atoms with Crippen LogP contribution in [0, 0.1) is 35.0 Å². The van der Waals surface area contributed by atoms with Crippen LogP contribution in [0.25, 0.3) is 6.08 Å². The van der Waals surface area contributed by atoms with E-state index >= 15 is 0 Å². The summed E-state index contributed by atoms with van der Waals surface area (Å²) in [5, 5.41) is 29.2. The second kappa shape index (κ2) is 6.37. The molecule has 1 aliphatic rings. The largest absolute Gasteiger partial charge is 0.507 e. The van der Waals surface area contributed by atoms with Crippen LogP contribution in [0.4, 0.5) is 0 Å². The van der Waals surface area contributed by atoms with Crippen LogP contribution in [-0.2, 0) is 9.53 Å². The summed E-state index contributed by atoms with van der Waals surface area (Å²) in [6.45, 7) is 1.92. The summed E-state index contributed by atoms with van der Waals surface area (Å²) in [6.07, 6.45) is 1.61. The van der Waals surface area contributed by atoms with Crippen LogP contribution in [0.1, 0.15) is 24.0 Å². The van der Waals surface area contributed by atoms with E-state index in [-0.39, 0.29) is 24.2 Å². The van der Waals surface area contributed by atoms with Crippen LogP contribution in [0.2, 0.25) is 0 Å². The molecule has 0 atom stereocenters. The van der Waals surface area contributed by atoms with Gasteiger partial charge in [-0.3, -0.25) is 0 Å². The lowest BCUT2D eigenvalue weighted by Gasteiger charge is -2.27. The second-order valence-corrected chi connectivity index (χ2v) is 5.50. The number of esters is 1. The number of hydrogen-bond donors (Lipinski definition) is 1. The number of allylic oxidation sites excluding steroid dienone is 1. The third kappa shape index (κ3) is 3.09. The van der Waals surface area contributed by atoms with Crippen molar-refractivity contribution < 1.29 is 14.6 Å². The minimum atomic E-state index is -1.38. The quantitative estimate of drug-likeness (QED) is 0.847. The number of benzene rings is 1. The predicted molar refractivity (Wildman–Crippen MR) is 83.7 cm³/mol. The van der Waals surface area contributed by atoms with E-state index in [1.165, 1.54) is 7.11 Å². The van der Waals surface area contributed by atoms with Gasteiger partial charge in [-0.25, -0.2) is 4.79 Å². The molecule has 2 rings (SSSR count). The van der Waals surface area contributed by atoms with Gasteiger partial charge in [0.15, 0.2) is 5.41 Å². The third-order valence-corrected chi connectivity index (χ3v) is 3.94. The van der Waals surface area contributed by atoms with Gasteiger partial charge in [-0.2, -0.15) is 10.5 Å². The maximum Gasteiger partial charge on any atom is 0.337 e. The van der Waals surface area contributed by atoms with Crippen molar-refractivity contribution in [2.75, 3.05) is 7.11 Å². The zero-order valence-corrected chi connectivity index (χ0v) is 13.0. The first-order chi connectivity index (χ1) is 11.0. The number of carbonyl (C=O) groups is 1. The lowest BCUT2D eigenvalue weighted by molar-refractivity contribution is -0.136. The van der Waals surface area contributed by atoms with Gasteiger partial charge in [0.25, 0.3) is 0 Å². The summed E-state index contributed by atoms with van der Waals surface area (Å²) in [4.78, 5) is 11.9. The van der Waals surface area contributed by atoms with Gasteiger partial charge in [0.05, 0.1) is 24.8 Å². The van der Waals surface area contributed by atoms with Crippen molar-refractivity contribution >= 4 is 12.0 Å². The van der Waals surface area contributed by atoms with Gasteiger partial charge < -0.3 is 9.84 Å². The normalized spacial score (nSPS) is 18.2. The first-order valence-corrected chi connectivity index (χ1v) is 7.06. The second-order valence-electron chi connectivity index (χ2n) is 5.50. The number of rotatable bonds is 2. The molecule has 0 saturated heterocycles. The van der Waals surface area contributed by atoms with Gasteiger partial charge in [0.2, 0.25) is 0 Å². The fourth-order valence-corrected chi connectivity index (χ4v) is 2.58. The van der Waals surface area contributed by atoms with E-state index in [1.807, 2.05) is 43.3 Å². The Morgan fingerprint density at radius 3 is 2.52 bits per heavy atom. The molecular formula is C18H16N2O3. The highest BCUT2D eigenvalue weighted by atomic mass is 16.5. The summed E-state index contributed by atoms with van der Waals surface area (Å²) in [5.74, 6) is -0.936. The first-order valence-electron chi connectivity index (χ1n) is 7.06. The highest BCUT2D eigenvalue weighted by molar-refractivity contribution is 5.91. The maximum absolute atomic E-state index is 11.9. The lowest BCUT2D eigenvalue weighted by atomic mass is 9.73. The zero-order valence-electron chi connectivity index (χ0n) is 13.0. The number of nitrogens with zero attached hydrogens (tertiary/aromatic N) is 2. The van der Waals surface area contributed by atoms with Crippen molar-refractivity contribution in [2.24, 2.45) is 5.41 Å². The fraction of sp³-hybridized carbons (Fsp3) is 0.278. The Balaban J connectivity index is 2.61. The van der Waals surface area contributed by atoms with Gasteiger partial charge in [0.1, 0.15) is 5.76 Å². The average molecular weight is 308 g/mol. The van der Waals surface area contributed by atoms with Gasteiger partial charge in [-0.05, 0) is 29.7 Å². The molecule has 0 saturated carbocycles. The number of methoxy groups -OCH3 is 1. The molecule has 0 heterocycles. The number of nitriles is 2. The highest BCUT2D eigenvalue weighted by Gasteiger charge is 2.41. The van der Waals surface area contributed by atoms with Crippen molar-refractivity contribution in [1.82, 2.24) is 0 Å². The minimum Gasteiger partial charge on any atom is -0.507 e. The number of aryl methyl sites for hydroxylation is 1. The first kappa shape index (κ1) is 16.3. The van der Waals surface area contributed by atoms with Crippen molar-refractivity contribution in [3.63, 3.8) is 0 Å². The molecule has 0 aromatic heterocycles. The molecule has 5 heteroatoms. The molecule has 23 heavy (non-hydrogen) atoms. The number of ether oxygens (including phenoxy) is 1. The van der Waals surface area contributed by atoms with Crippen molar-refractivity contribution in [2.45, 2.75) is 19.8 Å². The Morgan fingerprint density at radius 1 is 1.30 bits per heavy atom. The maximum atomic E-state index is 11.9. The predicted octanol–water partition coefficient (Wildman–Crippen LogP) is 3.19. The average Bonchev–Trinajstić information content (AvgIpc) is 2.58. The summed E-state index contributed by atoms with van der Waals surface area (Å²) >= 11 is 0. The van der Waals surface area contributed by atoms with Crippen LogP contribution in [0.5, 0.6) is 0 Å². The summed E-state index contributed by atoms with van der Waals surface area (Å²) < 4.78 is 4.66. The van der Waals surface area contributed by atoms with Crippen molar-refractivity contribution in [3.8, 4) is 12.1 Å². The molecule has 0 amide bonds. The molecule has 116 valence electrons. The molecule has 1 N–H and O–H groups in total. The summed E-state index contributed by atoms with van der Waals surface area (Å²) in [7, 11) is 1.20. The molecular weight excluding hydrogens is 292 g/mol. The molecule has 0 aliphatic heterocycles. The molecule has 5 nitrogen and oxygen atoms in total. The molecule has 1 aromatic carbocycles. The Kier molecular flexibility index (Phi) is 4.52. The van der Waals surface area contributed by atoms with Crippen LogP contribution < -0.4 is 0 Å². The van der Waals surface area contributed by atoms with Crippen LogP contribution in [-0.4, -0.2) is 18.2 Å². The summed E-state index contributed by atoms with van der Waals surface area (Å²) in [6, 6.07) is 11.5.